The maximum atomic E-state index is 15.2. The predicted octanol–water partition coefficient (Wildman–Crippen LogP) is 6.13. The molecule has 0 bridgehead atoms. The monoisotopic (exact) mass is 654 g/mol. The highest BCUT2D eigenvalue weighted by Crippen LogP contribution is 2.68. The van der Waals surface area contributed by atoms with Gasteiger partial charge in [0.2, 0.25) is 5.91 Å². The smallest absolute Gasteiger partial charge is 0.337 e. The number of rotatable bonds is 9. The molecule has 1 fully saturated rings. The predicted molar refractivity (Wildman–Crippen MR) is 154 cm³/mol. The second kappa shape index (κ2) is 11.2. The molecule has 0 radical (unpaired) electrons. The Morgan fingerprint density at radius 1 is 1.11 bits per heavy atom. The number of alkyl halides is 4. The number of fused-ring (bicyclic) bond motifs is 4. The van der Waals surface area contributed by atoms with Gasteiger partial charge in [0.05, 0.1) is 36.1 Å². The lowest BCUT2D eigenvalue weighted by molar-refractivity contribution is -0.123. The number of halogens is 6. The molecule has 1 amide bonds. The Kier molecular flexibility index (Phi) is 7.28. The fourth-order valence-electron chi connectivity index (χ4n) is 6.46. The summed E-state index contributed by atoms with van der Waals surface area (Å²) in [7, 11) is 1.22. The van der Waals surface area contributed by atoms with E-state index in [0.29, 0.717) is 32.9 Å². The molecule has 0 spiro atoms. The second-order valence-corrected chi connectivity index (χ2v) is 11.6. The van der Waals surface area contributed by atoms with Crippen LogP contribution in [0.25, 0.3) is 22.2 Å². The van der Waals surface area contributed by atoms with E-state index in [4.69, 9.17) is 4.74 Å². The van der Waals surface area contributed by atoms with Gasteiger partial charge in [-0.25, -0.2) is 27.3 Å². The van der Waals surface area contributed by atoms with Gasteiger partial charge in [-0.15, -0.1) is 0 Å². The van der Waals surface area contributed by atoms with Crippen molar-refractivity contribution in [2.24, 2.45) is 5.92 Å². The first kappa shape index (κ1) is 30.4. The zero-order valence-corrected chi connectivity index (χ0v) is 24.4. The largest absolute Gasteiger partial charge is 0.465 e. The maximum absolute atomic E-state index is 15.2. The zero-order chi connectivity index (χ0) is 33.2. The highest BCUT2D eigenvalue weighted by Gasteiger charge is 2.67. The summed E-state index contributed by atoms with van der Waals surface area (Å²) in [5, 5.41) is 13.2. The lowest BCUT2D eigenvalue weighted by Crippen LogP contribution is -2.35. The number of H-pyrrole nitrogens is 1. The number of aromatic amines is 1. The van der Waals surface area contributed by atoms with Gasteiger partial charge >= 0.3 is 5.97 Å². The molecule has 9 nitrogen and oxygen atoms in total. The van der Waals surface area contributed by atoms with Gasteiger partial charge in [-0.1, -0.05) is 12.1 Å². The summed E-state index contributed by atoms with van der Waals surface area (Å²) in [6.07, 6.45) is -1.86. The zero-order valence-electron chi connectivity index (χ0n) is 24.4. The molecule has 15 heteroatoms. The van der Waals surface area contributed by atoms with E-state index < -0.39 is 71.7 Å². The third-order valence-corrected chi connectivity index (χ3v) is 8.54. The van der Waals surface area contributed by atoms with E-state index in [9.17, 15) is 27.2 Å². The number of pyridine rings is 1. The fraction of sp³-hybridized carbons (Fsp3) is 0.281. The normalized spacial score (nSPS) is 18.2. The summed E-state index contributed by atoms with van der Waals surface area (Å²) >= 11 is 0. The van der Waals surface area contributed by atoms with Gasteiger partial charge in [0.15, 0.2) is 0 Å². The highest BCUT2D eigenvalue weighted by atomic mass is 19.3. The minimum atomic E-state index is -3.44. The second-order valence-electron chi connectivity index (χ2n) is 11.6. The van der Waals surface area contributed by atoms with Crippen LogP contribution >= 0.6 is 0 Å². The van der Waals surface area contributed by atoms with Crippen LogP contribution in [0.4, 0.5) is 26.3 Å². The average Bonchev–Trinajstić information content (AvgIpc) is 3.44. The molecular weight excluding hydrogens is 630 g/mol. The number of ether oxygens (including phenoxy) is 1. The van der Waals surface area contributed by atoms with E-state index in [2.05, 4.69) is 25.6 Å². The topological polar surface area (TPSA) is 115 Å². The Hall–Kier alpha value is -5.21. The summed E-state index contributed by atoms with van der Waals surface area (Å²) in [5.41, 5.74) is 0.527. The Morgan fingerprint density at radius 3 is 2.60 bits per heavy atom. The van der Waals surface area contributed by atoms with E-state index in [1.807, 2.05) is 0 Å². The van der Waals surface area contributed by atoms with Crippen molar-refractivity contribution in [3.63, 3.8) is 0 Å². The van der Waals surface area contributed by atoms with Crippen molar-refractivity contribution in [1.29, 1.82) is 0 Å². The molecule has 1 unspecified atom stereocenters. The fourth-order valence-corrected chi connectivity index (χ4v) is 6.46. The maximum Gasteiger partial charge on any atom is 0.337 e. The van der Waals surface area contributed by atoms with Gasteiger partial charge < -0.3 is 10.1 Å². The van der Waals surface area contributed by atoms with Gasteiger partial charge in [-0.05, 0) is 60.2 Å². The van der Waals surface area contributed by atoms with Crippen LogP contribution in [0.3, 0.4) is 0 Å². The molecule has 3 heterocycles. The molecule has 2 aliphatic rings. The van der Waals surface area contributed by atoms with Crippen LogP contribution < -0.4 is 5.32 Å². The molecule has 3 aromatic heterocycles. The number of methoxy groups -OCH3 is 1. The number of nitrogens with one attached hydrogen (secondary N) is 2. The van der Waals surface area contributed by atoms with E-state index >= 15 is 8.78 Å². The van der Waals surface area contributed by atoms with E-state index in [1.54, 1.807) is 18.2 Å². The van der Waals surface area contributed by atoms with Crippen molar-refractivity contribution >= 4 is 22.9 Å². The van der Waals surface area contributed by atoms with Crippen LogP contribution in [0.15, 0.2) is 54.7 Å². The van der Waals surface area contributed by atoms with E-state index in [0.717, 1.165) is 12.1 Å². The lowest BCUT2D eigenvalue weighted by atomic mass is 9.94. The van der Waals surface area contributed by atoms with Crippen LogP contribution in [0.5, 0.6) is 0 Å². The van der Waals surface area contributed by atoms with Crippen molar-refractivity contribution in [2.45, 2.75) is 43.7 Å². The van der Waals surface area contributed by atoms with Crippen LogP contribution in [0.1, 0.15) is 63.4 Å². The van der Waals surface area contributed by atoms with E-state index in [-0.39, 0.29) is 35.2 Å². The van der Waals surface area contributed by atoms with Gasteiger partial charge in [-0.3, -0.25) is 14.6 Å². The molecular formula is C32H24F6N6O3. The summed E-state index contributed by atoms with van der Waals surface area (Å²) in [4.78, 5) is 30.6. The summed E-state index contributed by atoms with van der Waals surface area (Å²) in [5.74, 6) is -8.56. The molecule has 0 aliphatic heterocycles. The molecule has 2 aromatic carbocycles. The van der Waals surface area contributed by atoms with Crippen LogP contribution in [0.2, 0.25) is 0 Å². The quantitative estimate of drug-likeness (QED) is 0.146. The van der Waals surface area contributed by atoms with E-state index in [1.165, 1.54) is 25.4 Å². The van der Waals surface area contributed by atoms with Gasteiger partial charge in [-0.2, -0.15) is 19.0 Å². The van der Waals surface area contributed by atoms with Gasteiger partial charge in [0.25, 0.3) is 12.3 Å². The first-order valence-electron chi connectivity index (χ1n) is 14.5. The Bertz CT molecular complexity index is 2040. The minimum absolute atomic E-state index is 0.0615. The van der Waals surface area contributed by atoms with Crippen molar-refractivity contribution in [3.05, 3.63) is 100 Å². The number of hydrogen-bond acceptors (Lipinski definition) is 6. The summed E-state index contributed by atoms with van der Waals surface area (Å²) in [6, 6.07) is 9.66. The standard InChI is InChI=1S/C32H24F6N6O3/c1-47-31(46)16-4-2-3-15(8-16)19-11-22-24(12-39-42-22)41-27(19)23(7-14-5-17(33)9-18(34)6-14)40-25(45)13-44-29-26(28(43-44)30(35)36)20-10-21(20)32(29,37)38/h2-6,8-9,11-12,20-21,23,30H,7,10,13H2,1H3,(H,39,42)(H,40,45)/t20-,21+,23?/m0/s1. The Morgan fingerprint density at radius 2 is 1.87 bits per heavy atom. The number of carbonyl (C=O) groups is 2. The number of esters is 1. The third kappa shape index (κ3) is 5.38. The molecule has 7 rings (SSSR count). The Labute approximate surface area is 261 Å². The average molecular weight is 655 g/mol. The Balaban J connectivity index is 1.30. The van der Waals surface area contributed by atoms with Crippen LogP contribution in [-0.2, 0) is 28.4 Å². The molecule has 1 saturated carbocycles. The van der Waals surface area contributed by atoms with Crippen LogP contribution in [0, 0.1) is 17.6 Å². The lowest BCUT2D eigenvalue weighted by Gasteiger charge is -2.23. The number of aromatic nitrogens is 5. The minimum Gasteiger partial charge on any atom is -0.465 e. The molecule has 2 N–H and O–H groups in total. The number of nitrogens with zero attached hydrogens (tertiary/aromatic N) is 4. The molecule has 3 atom stereocenters. The summed E-state index contributed by atoms with van der Waals surface area (Å²) in [6.45, 7) is -0.834. The molecule has 47 heavy (non-hydrogen) atoms. The number of hydrogen-bond donors (Lipinski definition) is 2. The molecule has 5 aromatic rings. The highest BCUT2D eigenvalue weighted by molar-refractivity contribution is 5.92. The SMILES string of the molecule is COC(=O)c1cccc(-c2cc3[nH]ncc3nc2C(Cc2cc(F)cc(F)c2)NC(=O)Cn2nc(C(F)F)c3c2C(F)(F)[C@@H]2C[C@H]32)c1. The molecule has 242 valence electrons. The van der Waals surface area contributed by atoms with Gasteiger partial charge in [0, 0.05) is 23.1 Å². The summed E-state index contributed by atoms with van der Waals surface area (Å²) < 4.78 is 92.0. The van der Waals surface area contributed by atoms with Crippen molar-refractivity contribution < 1.29 is 40.7 Å². The number of amides is 1. The van der Waals surface area contributed by atoms with Crippen molar-refractivity contribution in [2.75, 3.05) is 7.11 Å². The van der Waals surface area contributed by atoms with Crippen LogP contribution in [-0.4, -0.2) is 43.9 Å². The molecule has 2 aliphatic carbocycles. The number of carbonyl (C=O) groups excluding carboxylic acids is 2. The third-order valence-electron chi connectivity index (χ3n) is 8.54. The van der Waals surface area contributed by atoms with Crippen molar-refractivity contribution in [3.8, 4) is 11.1 Å². The van der Waals surface area contributed by atoms with Gasteiger partial charge in [0.1, 0.15) is 35.1 Å². The number of benzene rings is 2. The first-order chi connectivity index (χ1) is 22.4. The molecule has 0 saturated heterocycles. The first-order valence-corrected chi connectivity index (χ1v) is 14.5. The van der Waals surface area contributed by atoms with Crippen molar-refractivity contribution in [1.82, 2.24) is 30.3 Å².